The van der Waals surface area contributed by atoms with E-state index in [4.69, 9.17) is 14.2 Å². The Bertz CT molecular complexity index is 1520. The third-order valence-corrected chi connectivity index (χ3v) is 10.7. The normalized spacial score (nSPS) is 30.5. The summed E-state index contributed by atoms with van der Waals surface area (Å²) in [5, 5.41) is 0. The van der Waals surface area contributed by atoms with Gasteiger partial charge in [0.1, 0.15) is 11.7 Å². The number of methoxy groups -OCH3 is 1. The Balaban J connectivity index is 1.25. The van der Waals surface area contributed by atoms with Crippen LogP contribution in [-0.2, 0) is 32.3 Å². The molecule has 0 N–H and O–H groups in total. The molecule has 2 aromatic carbocycles. The number of hydrogen-bond donors (Lipinski definition) is 0. The highest BCUT2D eigenvalue weighted by Gasteiger charge is 2.75. The summed E-state index contributed by atoms with van der Waals surface area (Å²) in [5.74, 6) is 1.38. The lowest BCUT2D eigenvalue weighted by atomic mass is 9.48. The van der Waals surface area contributed by atoms with Crippen molar-refractivity contribution < 1.29 is 37.0 Å². The van der Waals surface area contributed by atoms with Crippen molar-refractivity contribution in [3.05, 3.63) is 64.7 Å². The standard InChI is InChI=1S/C34H37F3N2O5/c1-20(40)44-33-15-14-25(38(2)28(41)13-8-21-6-10-24(11-7-21)34(35,36)37)31-32(33)16-17-39(19-22-4-5-22)27(33)18-23-9-12-26(42-3)30(43-31)29(23)32/h6-13,22,25,27,31H,4-5,14-19H2,1-3H3/t25-,27-,31+,32+,33-/m1/s1. The number of amides is 1. The molecule has 0 unspecified atom stereocenters. The number of halogens is 3. The molecule has 5 atom stereocenters. The smallest absolute Gasteiger partial charge is 0.416 e. The fourth-order valence-corrected chi connectivity index (χ4v) is 8.67. The van der Waals surface area contributed by atoms with E-state index in [1.807, 2.05) is 6.07 Å². The van der Waals surface area contributed by atoms with Crippen LogP contribution in [0.25, 0.3) is 6.08 Å². The Labute approximate surface area is 254 Å². The number of carbonyl (C=O) groups excluding carboxylic acids is 2. The lowest BCUT2D eigenvalue weighted by molar-refractivity contribution is -0.223. The number of rotatable bonds is 7. The van der Waals surface area contributed by atoms with Crippen molar-refractivity contribution in [1.29, 1.82) is 0 Å². The predicted molar refractivity (Wildman–Crippen MR) is 156 cm³/mol. The lowest BCUT2D eigenvalue weighted by Gasteiger charge is -2.65. The van der Waals surface area contributed by atoms with E-state index in [-0.39, 0.29) is 24.0 Å². The summed E-state index contributed by atoms with van der Waals surface area (Å²) in [5.41, 5.74) is 0.516. The van der Waals surface area contributed by atoms with Crippen LogP contribution in [0.3, 0.4) is 0 Å². The highest BCUT2D eigenvalue weighted by atomic mass is 19.4. The molecule has 7 rings (SSSR count). The van der Waals surface area contributed by atoms with E-state index in [1.54, 1.807) is 19.1 Å². The van der Waals surface area contributed by atoms with E-state index in [9.17, 15) is 22.8 Å². The van der Waals surface area contributed by atoms with Gasteiger partial charge in [-0.1, -0.05) is 18.2 Å². The molecular formula is C34H37F3N2O5. The van der Waals surface area contributed by atoms with Gasteiger partial charge in [0.25, 0.3) is 0 Å². The first-order valence-corrected chi connectivity index (χ1v) is 15.4. The minimum Gasteiger partial charge on any atom is -0.493 e. The van der Waals surface area contributed by atoms with Crippen molar-refractivity contribution >= 4 is 18.0 Å². The number of ether oxygens (including phenoxy) is 3. The van der Waals surface area contributed by atoms with Crippen LogP contribution in [0.4, 0.5) is 13.2 Å². The number of likely N-dealkylation sites (N-methyl/N-ethyl adjacent to an activating group) is 1. The van der Waals surface area contributed by atoms with Crippen LogP contribution in [0.15, 0.2) is 42.5 Å². The van der Waals surface area contributed by atoms with Crippen LogP contribution in [0.5, 0.6) is 11.5 Å². The van der Waals surface area contributed by atoms with Gasteiger partial charge in [0, 0.05) is 32.2 Å². The van der Waals surface area contributed by atoms with Gasteiger partial charge in [-0.25, -0.2) is 0 Å². The van der Waals surface area contributed by atoms with Crippen LogP contribution in [-0.4, -0.2) is 72.7 Å². The van der Waals surface area contributed by atoms with Crippen LogP contribution >= 0.6 is 0 Å². The average molecular weight is 611 g/mol. The van der Waals surface area contributed by atoms with E-state index in [2.05, 4.69) is 11.0 Å². The fourth-order valence-electron chi connectivity index (χ4n) is 8.67. The first-order valence-electron chi connectivity index (χ1n) is 15.4. The van der Waals surface area contributed by atoms with Gasteiger partial charge in [-0.05, 0) is 86.4 Å². The molecule has 7 nitrogen and oxygen atoms in total. The summed E-state index contributed by atoms with van der Waals surface area (Å²) in [6.07, 6.45) is 3.11. The Morgan fingerprint density at radius 1 is 1.11 bits per heavy atom. The second kappa shape index (κ2) is 10.3. The quantitative estimate of drug-likeness (QED) is 0.310. The highest BCUT2D eigenvalue weighted by molar-refractivity contribution is 5.92. The molecule has 234 valence electrons. The molecule has 0 aromatic heterocycles. The van der Waals surface area contributed by atoms with E-state index in [0.29, 0.717) is 35.8 Å². The van der Waals surface area contributed by atoms with E-state index in [0.717, 1.165) is 43.6 Å². The number of piperidine rings is 1. The summed E-state index contributed by atoms with van der Waals surface area (Å²) in [6, 6.07) is 8.44. The molecule has 2 bridgehead atoms. The minimum atomic E-state index is -4.42. The maximum absolute atomic E-state index is 13.6. The van der Waals surface area contributed by atoms with Gasteiger partial charge < -0.3 is 19.1 Å². The molecule has 3 fully saturated rings. The molecule has 5 aliphatic rings. The zero-order chi connectivity index (χ0) is 31.0. The molecule has 2 aliphatic heterocycles. The number of carbonyl (C=O) groups is 2. The Morgan fingerprint density at radius 2 is 1.86 bits per heavy atom. The number of nitrogens with zero attached hydrogens (tertiary/aromatic N) is 2. The van der Waals surface area contributed by atoms with Crippen molar-refractivity contribution in [2.75, 3.05) is 27.2 Å². The lowest BCUT2D eigenvalue weighted by Crippen LogP contribution is -2.79. The monoisotopic (exact) mass is 610 g/mol. The molecule has 1 amide bonds. The number of likely N-dealkylation sites (tertiary alicyclic amines) is 1. The second-order valence-corrected chi connectivity index (χ2v) is 13.0. The Morgan fingerprint density at radius 3 is 2.52 bits per heavy atom. The maximum Gasteiger partial charge on any atom is 0.416 e. The summed E-state index contributed by atoms with van der Waals surface area (Å²) >= 11 is 0. The zero-order valence-corrected chi connectivity index (χ0v) is 25.2. The summed E-state index contributed by atoms with van der Waals surface area (Å²) < 4.78 is 58.1. The molecule has 2 aromatic rings. The number of esters is 1. The second-order valence-electron chi connectivity index (χ2n) is 13.0. The van der Waals surface area contributed by atoms with Crippen molar-refractivity contribution in [2.45, 2.75) is 80.8 Å². The summed E-state index contributed by atoms with van der Waals surface area (Å²) in [4.78, 5) is 30.7. The Hall–Kier alpha value is -3.53. The summed E-state index contributed by atoms with van der Waals surface area (Å²) in [7, 11) is 3.36. The van der Waals surface area contributed by atoms with Gasteiger partial charge >= 0.3 is 12.1 Å². The van der Waals surface area contributed by atoms with Crippen LogP contribution < -0.4 is 9.47 Å². The topological polar surface area (TPSA) is 68.3 Å². The number of benzene rings is 2. The number of alkyl halides is 3. The average Bonchev–Trinajstić information content (AvgIpc) is 3.73. The van der Waals surface area contributed by atoms with Crippen molar-refractivity contribution in [3.8, 4) is 11.5 Å². The van der Waals surface area contributed by atoms with Crippen molar-refractivity contribution in [3.63, 3.8) is 0 Å². The van der Waals surface area contributed by atoms with Gasteiger partial charge in [0.05, 0.1) is 30.2 Å². The Kier molecular flexibility index (Phi) is 6.81. The molecule has 1 saturated heterocycles. The van der Waals surface area contributed by atoms with Gasteiger partial charge in [-0.2, -0.15) is 13.2 Å². The van der Waals surface area contributed by atoms with Crippen LogP contribution in [0.1, 0.15) is 61.3 Å². The largest absolute Gasteiger partial charge is 0.493 e. The third kappa shape index (κ3) is 4.35. The van der Waals surface area contributed by atoms with Gasteiger partial charge in [0.15, 0.2) is 11.5 Å². The summed E-state index contributed by atoms with van der Waals surface area (Å²) in [6.45, 7) is 3.31. The maximum atomic E-state index is 13.6. The molecule has 2 saturated carbocycles. The van der Waals surface area contributed by atoms with E-state index < -0.39 is 28.9 Å². The van der Waals surface area contributed by atoms with E-state index >= 15 is 0 Å². The van der Waals surface area contributed by atoms with Gasteiger partial charge in [-0.3, -0.25) is 14.5 Å². The molecule has 10 heteroatoms. The third-order valence-electron chi connectivity index (χ3n) is 10.7. The minimum absolute atomic E-state index is 0.000202. The molecule has 0 radical (unpaired) electrons. The zero-order valence-electron chi connectivity index (χ0n) is 25.2. The van der Waals surface area contributed by atoms with Gasteiger partial charge in [-0.15, -0.1) is 0 Å². The predicted octanol–water partition coefficient (Wildman–Crippen LogP) is 5.39. The molecule has 3 aliphatic carbocycles. The first-order chi connectivity index (χ1) is 21.0. The van der Waals surface area contributed by atoms with Crippen molar-refractivity contribution in [2.24, 2.45) is 5.92 Å². The highest BCUT2D eigenvalue weighted by Crippen LogP contribution is 2.67. The fraction of sp³-hybridized carbons (Fsp3) is 0.529. The number of hydrogen-bond acceptors (Lipinski definition) is 6. The molecule has 2 heterocycles. The SMILES string of the molecule is COc1ccc2c3c1O[C@H]1[C@H](N(C)C(=O)C=Cc4ccc(C(F)(F)F)cc4)CC[C@@]4(OC(C)=O)[C@@H](C2)N(CC2CC2)CC[C@]314. The van der Waals surface area contributed by atoms with Crippen molar-refractivity contribution in [1.82, 2.24) is 9.80 Å². The van der Waals surface area contributed by atoms with E-state index in [1.165, 1.54) is 49.6 Å². The van der Waals surface area contributed by atoms with Crippen LogP contribution in [0, 0.1) is 5.92 Å². The molecule has 44 heavy (non-hydrogen) atoms. The van der Waals surface area contributed by atoms with Gasteiger partial charge in [0.2, 0.25) is 5.91 Å². The molecule has 1 spiro atoms. The molecular weight excluding hydrogens is 573 g/mol. The van der Waals surface area contributed by atoms with Crippen LogP contribution in [0.2, 0.25) is 0 Å². The first kappa shape index (κ1) is 29.2.